The molecule has 2 rings (SSSR count). The summed E-state index contributed by atoms with van der Waals surface area (Å²) in [6.07, 6.45) is 6.65. The molecule has 1 unspecified atom stereocenters. The second-order valence-corrected chi connectivity index (χ2v) is 6.78. The van der Waals surface area contributed by atoms with E-state index in [2.05, 4.69) is 81.4 Å². The van der Waals surface area contributed by atoms with Gasteiger partial charge < -0.3 is 4.90 Å². The summed E-state index contributed by atoms with van der Waals surface area (Å²) in [6, 6.07) is 17.6. The molecule has 0 heterocycles. The van der Waals surface area contributed by atoms with Crippen LogP contribution < -0.4 is 4.90 Å². The highest BCUT2D eigenvalue weighted by molar-refractivity contribution is 5.70. The first-order valence-corrected chi connectivity index (χ1v) is 9.00. The zero-order valence-corrected chi connectivity index (χ0v) is 15.2. The number of hydrogen-bond acceptors (Lipinski definition) is 1. The number of unbranched alkanes of at least 4 members (excludes halogenated alkanes) is 3. The Balaban J connectivity index is 2.20. The molecule has 2 aromatic carbocycles. The maximum atomic E-state index is 2.37. The Morgan fingerprint density at radius 3 is 2.26 bits per heavy atom. The predicted molar refractivity (Wildman–Crippen MR) is 103 cm³/mol. The minimum absolute atomic E-state index is 0.620. The van der Waals surface area contributed by atoms with Crippen LogP contribution in [0.5, 0.6) is 0 Å². The van der Waals surface area contributed by atoms with Gasteiger partial charge in [0.15, 0.2) is 0 Å². The SMILES string of the molecule is CCCCCCC(C)c1ccc(-c2ccccc2)cc1N(C)C. The van der Waals surface area contributed by atoms with Gasteiger partial charge in [0.05, 0.1) is 0 Å². The zero-order valence-electron chi connectivity index (χ0n) is 15.2. The third-order valence-corrected chi connectivity index (χ3v) is 4.64. The number of rotatable bonds is 8. The van der Waals surface area contributed by atoms with Crippen LogP contribution in [-0.2, 0) is 0 Å². The first-order chi connectivity index (χ1) is 11.1. The lowest BCUT2D eigenvalue weighted by Crippen LogP contribution is -2.12. The van der Waals surface area contributed by atoms with E-state index in [0.717, 1.165) is 0 Å². The fourth-order valence-electron chi connectivity index (χ4n) is 3.19. The summed E-state index contributed by atoms with van der Waals surface area (Å²) in [4.78, 5) is 2.25. The van der Waals surface area contributed by atoms with E-state index >= 15 is 0 Å². The van der Waals surface area contributed by atoms with E-state index < -0.39 is 0 Å². The summed E-state index contributed by atoms with van der Waals surface area (Å²) in [5.74, 6) is 0.620. The molecular weight excluding hydrogens is 278 g/mol. The second kappa shape index (κ2) is 8.76. The second-order valence-electron chi connectivity index (χ2n) is 6.78. The molecular formula is C22H31N. The Labute approximate surface area is 142 Å². The molecule has 23 heavy (non-hydrogen) atoms. The molecule has 1 atom stereocenters. The van der Waals surface area contributed by atoms with Crippen molar-refractivity contribution >= 4 is 5.69 Å². The van der Waals surface area contributed by atoms with Crippen molar-refractivity contribution in [1.29, 1.82) is 0 Å². The van der Waals surface area contributed by atoms with Crippen LogP contribution in [0.3, 0.4) is 0 Å². The lowest BCUT2D eigenvalue weighted by Gasteiger charge is -2.23. The first-order valence-electron chi connectivity index (χ1n) is 9.00. The lowest BCUT2D eigenvalue weighted by atomic mass is 9.91. The molecule has 1 heteroatoms. The van der Waals surface area contributed by atoms with Crippen molar-refractivity contribution in [2.75, 3.05) is 19.0 Å². The van der Waals surface area contributed by atoms with Gasteiger partial charge in [0.1, 0.15) is 0 Å². The maximum Gasteiger partial charge on any atom is 0.0402 e. The third kappa shape index (κ3) is 4.86. The van der Waals surface area contributed by atoms with Crippen LogP contribution in [0, 0.1) is 0 Å². The van der Waals surface area contributed by atoms with E-state index in [4.69, 9.17) is 0 Å². The van der Waals surface area contributed by atoms with Crippen LogP contribution in [-0.4, -0.2) is 14.1 Å². The first kappa shape index (κ1) is 17.6. The lowest BCUT2D eigenvalue weighted by molar-refractivity contribution is 0.580. The molecule has 0 aliphatic heterocycles. The van der Waals surface area contributed by atoms with E-state index in [1.807, 2.05) is 0 Å². The van der Waals surface area contributed by atoms with Gasteiger partial charge in [-0.15, -0.1) is 0 Å². The summed E-state index contributed by atoms with van der Waals surface area (Å²) in [6.45, 7) is 4.65. The topological polar surface area (TPSA) is 3.24 Å². The quantitative estimate of drug-likeness (QED) is 0.503. The molecule has 0 radical (unpaired) electrons. The van der Waals surface area contributed by atoms with Crippen molar-refractivity contribution in [3.05, 3.63) is 54.1 Å². The van der Waals surface area contributed by atoms with Gasteiger partial charge >= 0.3 is 0 Å². The summed E-state index contributed by atoms with van der Waals surface area (Å²) >= 11 is 0. The fraction of sp³-hybridized carbons (Fsp3) is 0.455. The Kier molecular flexibility index (Phi) is 6.70. The Morgan fingerprint density at radius 1 is 0.870 bits per heavy atom. The molecule has 0 fully saturated rings. The highest BCUT2D eigenvalue weighted by Gasteiger charge is 2.13. The van der Waals surface area contributed by atoms with Gasteiger partial charge in [-0.2, -0.15) is 0 Å². The van der Waals surface area contributed by atoms with E-state index in [1.165, 1.54) is 54.5 Å². The molecule has 2 aromatic rings. The molecule has 0 saturated heterocycles. The van der Waals surface area contributed by atoms with Gasteiger partial charge in [0.25, 0.3) is 0 Å². The van der Waals surface area contributed by atoms with Crippen molar-refractivity contribution in [2.24, 2.45) is 0 Å². The van der Waals surface area contributed by atoms with Crippen molar-refractivity contribution < 1.29 is 0 Å². The number of nitrogens with zero attached hydrogens (tertiary/aromatic N) is 1. The maximum absolute atomic E-state index is 2.37. The summed E-state index contributed by atoms with van der Waals surface area (Å²) in [7, 11) is 4.30. The standard InChI is InChI=1S/C22H31N/c1-5-6-7-9-12-18(2)21-16-15-20(17-22(21)23(3)4)19-13-10-8-11-14-19/h8,10-11,13-18H,5-7,9,12H2,1-4H3. The smallest absolute Gasteiger partial charge is 0.0402 e. The monoisotopic (exact) mass is 309 g/mol. The molecule has 0 aliphatic carbocycles. The minimum atomic E-state index is 0.620. The summed E-state index contributed by atoms with van der Waals surface area (Å²) in [5, 5.41) is 0. The fourth-order valence-corrected chi connectivity index (χ4v) is 3.19. The van der Waals surface area contributed by atoms with Gasteiger partial charge in [0.2, 0.25) is 0 Å². The molecule has 1 nitrogen and oxygen atoms in total. The van der Waals surface area contributed by atoms with Gasteiger partial charge in [-0.05, 0) is 35.1 Å². The molecule has 0 N–H and O–H groups in total. The molecule has 124 valence electrons. The average molecular weight is 309 g/mol. The molecule has 0 bridgehead atoms. The van der Waals surface area contributed by atoms with E-state index in [0.29, 0.717) is 5.92 Å². The molecule has 0 saturated carbocycles. The van der Waals surface area contributed by atoms with Crippen molar-refractivity contribution in [1.82, 2.24) is 0 Å². The summed E-state index contributed by atoms with van der Waals surface area (Å²) < 4.78 is 0. The molecule has 0 spiro atoms. The Hall–Kier alpha value is -1.76. The van der Waals surface area contributed by atoms with Gasteiger partial charge in [-0.25, -0.2) is 0 Å². The zero-order chi connectivity index (χ0) is 16.7. The highest BCUT2D eigenvalue weighted by Crippen LogP contribution is 2.34. The van der Waals surface area contributed by atoms with Crippen LogP contribution in [0.4, 0.5) is 5.69 Å². The predicted octanol–water partition coefficient (Wildman–Crippen LogP) is 6.49. The third-order valence-electron chi connectivity index (χ3n) is 4.64. The molecule has 0 amide bonds. The number of hydrogen-bond donors (Lipinski definition) is 0. The number of anilines is 1. The van der Waals surface area contributed by atoms with Crippen molar-refractivity contribution in [3.63, 3.8) is 0 Å². The molecule has 0 aliphatic rings. The Bertz CT molecular complexity index is 586. The van der Waals surface area contributed by atoms with E-state index in [1.54, 1.807) is 0 Å². The average Bonchev–Trinajstić information content (AvgIpc) is 2.58. The van der Waals surface area contributed by atoms with Gasteiger partial charge in [-0.3, -0.25) is 0 Å². The van der Waals surface area contributed by atoms with E-state index in [9.17, 15) is 0 Å². The summed E-state index contributed by atoms with van der Waals surface area (Å²) in [5.41, 5.74) is 5.43. The Morgan fingerprint density at radius 2 is 1.61 bits per heavy atom. The van der Waals surface area contributed by atoms with Crippen molar-refractivity contribution in [3.8, 4) is 11.1 Å². The van der Waals surface area contributed by atoms with Crippen LogP contribution in [0.25, 0.3) is 11.1 Å². The van der Waals surface area contributed by atoms with Crippen molar-refractivity contribution in [2.45, 2.75) is 51.9 Å². The highest BCUT2D eigenvalue weighted by atomic mass is 15.1. The molecule has 0 aromatic heterocycles. The van der Waals surface area contributed by atoms with E-state index in [-0.39, 0.29) is 0 Å². The van der Waals surface area contributed by atoms with Crippen LogP contribution in [0.1, 0.15) is 57.4 Å². The van der Waals surface area contributed by atoms with Gasteiger partial charge in [0, 0.05) is 19.8 Å². The van der Waals surface area contributed by atoms with Crippen LogP contribution >= 0.6 is 0 Å². The largest absolute Gasteiger partial charge is 0.377 e. The van der Waals surface area contributed by atoms with Crippen LogP contribution in [0.2, 0.25) is 0 Å². The minimum Gasteiger partial charge on any atom is -0.377 e. The van der Waals surface area contributed by atoms with Crippen LogP contribution in [0.15, 0.2) is 48.5 Å². The van der Waals surface area contributed by atoms with Gasteiger partial charge in [-0.1, -0.05) is 82.0 Å². The normalized spacial score (nSPS) is 12.2. The number of benzene rings is 2.